The lowest BCUT2D eigenvalue weighted by atomic mass is 9.68. The number of hydrogen-bond donors (Lipinski definition) is 1. The van der Waals surface area contributed by atoms with Crippen molar-refractivity contribution < 1.29 is 14.0 Å². The van der Waals surface area contributed by atoms with E-state index in [9.17, 15) is 5.11 Å². The number of fused-ring (bicyclic) bond motifs is 1. The molecule has 5 heteroatoms. The molecule has 1 fully saturated rings. The summed E-state index contributed by atoms with van der Waals surface area (Å²) in [6.45, 7) is 20.7. The number of hydrogen-bond acceptors (Lipinski definition) is 3. The van der Waals surface area contributed by atoms with Crippen LogP contribution in [0.1, 0.15) is 53.4 Å². The largest absolute Gasteiger partial charge is 0.411 e. The second-order valence-electron chi connectivity index (χ2n) is 10.8. The van der Waals surface area contributed by atoms with Gasteiger partial charge in [-0.05, 0) is 63.5 Å². The fourth-order valence-electron chi connectivity index (χ4n) is 4.26. The molecule has 0 radical (unpaired) electrons. The molecule has 0 bridgehead atoms. The van der Waals surface area contributed by atoms with Crippen molar-refractivity contribution in [2.75, 3.05) is 6.61 Å². The average molecular weight is 385 g/mol. The molecule has 1 saturated carbocycles. The number of rotatable bonds is 5. The Morgan fingerprint density at radius 2 is 1.76 bits per heavy atom. The minimum Gasteiger partial charge on any atom is -0.411 e. The third-order valence-corrected chi connectivity index (χ3v) is 12.3. The maximum Gasteiger partial charge on any atom is 0.192 e. The fraction of sp³-hybridized carbons (Fsp3) is 0.900. The Kier molecular flexibility index (Phi) is 5.63. The number of aliphatic hydroxyl groups excluding tert-OH is 1. The fourth-order valence-corrected chi connectivity index (χ4v) is 7.12. The van der Waals surface area contributed by atoms with Gasteiger partial charge in [0.15, 0.2) is 16.6 Å². The molecule has 0 aromatic rings. The third kappa shape index (κ3) is 4.00. The lowest BCUT2D eigenvalue weighted by molar-refractivity contribution is -0.0715. The van der Waals surface area contributed by atoms with Crippen LogP contribution in [0.25, 0.3) is 0 Å². The highest BCUT2D eigenvalue weighted by atomic mass is 28.4. The third-order valence-electron chi connectivity index (χ3n) is 6.84. The molecule has 0 aromatic carbocycles. The van der Waals surface area contributed by atoms with Crippen LogP contribution in [0.3, 0.4) is 0 Å². The summed E-state index contributed by atoms with van der Waals surface area (Å²) in [7, 11) is -3.49. The van der Waals surface area contributed by atoms with E-state index >= 15 is 0 Å². The second kappa shape index (κ2) is 6.59. The van der Waals surface area contributed by atoms with Gasteiger partial charge in [0.1, 0.15) is 0 Å². The summed E-state index contributed by atoms with van der Waals surface area (Å²) in [4.78, 5) is 0. The maximum absolute atomic E-state index is 10.3. The molecule has 2 aliphatic carbocycles. The van der Waals surface area contributed by atoms with E-state index in [1.165, 1.54) is 5.57 Å². The monoisotopic (exact) mass is 384 g/mol. The van der Waals surface area contributed by atoms with Crippen molar-refractivity contribution in [3.05, 3.63) is 11.6 Å². The smallest absolute Gasteiger partial charge is 0.192 e. The van der Waals surface area contributed by atoms with Crippen LogP contribution in [0.15, 0.2) is 11.6 Å². The van der Waals surface area contributed by atoms with Crippen LogP contribution in [0.2, 0.25) is 37.8 Å². The van der Waals surface area contributed by atoms with Crippen molar-refractivity contribution in [3.8, 4) is 0 Å². The molecule has 0 saturated heterocycles. The van der Waals surface area contributed by atoms with Gasteiger partial charge in [-0.15, -0.1) is 0 Å². The highest BCUT2D eigenvalue weighted by Gasteiger charge is 2.57. The van der Waals surface area contributed by atoms with Crippen molar-refractivity contribution in [2.24, 2.45) is 5.41 Å². The van der Waals surface area contributed by atoms with E-state index in [-0.39, 0.29) is 23.2 Å². The normalized spacial score (nSPS) is 34.0. The van der Waals surface area contributed by atoms with Gasteiger partial charge in [0, 0.05) is 5.41 Å². The molecule has 0 aliphatic heterocycles. The Balaban J connectivity index is 2.26. The molecular weight excluding hydrogens is 344 g/mol. The molecule has 3 nitrogen and oxygen atoms in total. The Hall–Kier alpha value is 0.0538. The van der Waals surface area contributed by atoms with Crippen LogP contribution in [-0.2, 0) is 8.85 Å². The molecule has 3 atom stereocenters. The summed E-state index contributed by atoms with van der Waals surface area (Å²) < 4.78 is 13.3. The molecule has 0 amide bonds. The van der Waals surface area contributed by atoms with Crippen molar-refractivity contribution in [3.63, 3.8) is 0 Å². The van der Waals surface area contributed by atoms with Gasteiger partial charge in [0.05, 0.1) is 18.3 Å². The highest BCUT2D eigenvalue weighted by molar-refractivity contribution is 6.74. The maximum atomic E-state index is 10.3. The molecular formula is C20H40O3Si2. The quantitative estimate of drug-likeness (QED) is 0.504. The van der Waals surface area contributed by atoms with Gasteiger partial charge in [0.25, 0.3) is 0 Å². The molecule has 25 heavy (non-hydrogen) atoms. The minimum absolute atomic E-state index is 0.0463. The first-order chi connectivity index (χ1) is 11.2. The van der Waals surface area contributed by atoms with E-state index in [0.717, 1.165) is 25.7 Å². The van der Waals surface area contributed by atoms with E-state index in [1.807, 2.05) is 0 Å². The zero-order chi connectivity index (χ0) is 19.3. The summed E-state index contributed by atoms with van der Waals surface area (Å²) in [5.74, 6) is 0. The molecule has 0 heterocycles. The first-order valence-electron chi connectivity index (χ1n) is 9.86. The topological polar surface area (TPSA) is 38.7 Å². The van der Waals surface area contributed by atoms with Gasteiger partial charge in [0.2, 0.25) is 0 Å². The summed E-state index contributed by atoms with van der Waals surface area (Å²) >= 11 is 0. The van der Waals surface area contributed by atoms with Crippen molar-refractivity contribution in [1.82, 2.24) is 0 Å². The SMILES string of the molecule is CC(C)(C)[Si](C)(C)O[C@H]1C=C2CC[C@@](CO)(O[Si](C)(C)C)[C@]2(C)CC1. The van der Waals surface area contributed by atoms with E-state index in [4.69, 9.17) is 8.85 Å². The van der Waals surface area contributed by atoms with E-state index < -0.39 is 22.2 Å². The van der Waals surface area contributed by atoms with Crippen LogP contribution in [0.5, 0.6) is 0 Å². The van der Waals surface area contributed by atoms with Crippen molar-refractivity contribution in [1.29, 1.82) is 0 Å². The Morgan fingerprint density at radius 1 is 1.16 bits per heavy atom. The van der Waals surface area contributed by atoms with Gasteiger partial charge < -0.3 is 14.0 Å². The van der Waals surface area contributed by atoms with Crippen LogP contribution in [-0.4, -0.2) is 40.1 Å². The summed E-state index contributed by atoms with van der Waals surface area (Å²) in [6, 6.07) is 0. The van der Waals surface area contributed by atoms with Crippen LogP contribution in [0, 0.1) is 5.41 Å². The summed E-state index contributed by atoms with van der Waals surface area (Å²) in [5, 5.41) is 10.5. The van der Waals surface area contributed by atoms with Crippen molar-refractivity contribution >= 4 is 16.6 Å². The zero-order valence-electron chi connectivity index (χ0n) is 18.0. The summed E-state index contributed by atoms with van der Waals surface area (Å²) in [5.41, 5.74) is 1.01. The predicted octanol–water partition coefficient (Wildman–Crippen LogP) is 5.48. The van der Waals surface area contributed by atoms with Gasteiger partial charge >= 0.3 is 0 Å². The zero-order valence-corrected chi connectivity index (χ0v) is 20.0. The average Bonchev–Trinajstić information content (AvgIpc) is 2.69. The lowest BCUT2D eigenvalue weighted by Crippen LogP contribution is -2.55. The van der Waals surface area contributed by atoms with Crippen LogP contribution >= 0.6 is 0 Å². The molecule has 0 unspecified atom stereocenters. The molecule has 2 aliphatic rings. The number of aliphatic hydroxyl groups is 1. The second-order valence-corrected chi connectivity index (χ2v) is 20.0. The van der Waals surface area contributed by atoms with Gasteiger partial charge in [-0.3, -0.25) is 0 Å². The summed E-state index contributed by atoms with van der Waals surface area (Å²) in [6.07, 6.45) is 6.65. The van der Waals surface area contributed by atoms with E-state index in [1.54, 1.807) is 0 Å². The van der Waals surface area contributed by atoms with E-state index in [2.05, 4.69) is 66.5 Å². The molecule has 0 aromatic heterocycles. The first-order valence-corrected chi connectivity index (χ1v) is 16.2. The van der Waals surface area contributed by atoms with Crippen molar-refractivity contribution in [2.45, 2.75) is 103 Å². The van der Waals surface area contributed by atoms with Gasteiger partial charge in [-0.1, -0.05) is 39.3 Å². The standard InChI is InChI=1S/C20H40O3Si2/c1-18(2,3)25(8,9)22-17-11-12-19(4)16(14-17)10-13-20(19,15-21)23-24(5,6)7/h14,17,21H,10-13,15H2,1-9H3/t17-,19-,20+/m1/s1. The minimum atomic E-state index is -1.76. The molecule has 0 spiro atoms. The first kappa shape index (κ1) is 21.4. The molecule has 1 N–H and O–H groups in total. The van der Waals surface area contributed by atoms with Crippen LogP contribution in [0.4, 0.5) is 0 Å². The Bertz CT molecular complexity index is 530. The Morgan fingerprint density at radius 3 is 2.24 bits per heavy atom. The van der Waals surface area contributed by atoms with Gasteiger partial charge in [-0.25, -0.2) is 0 Å². The molecule has 2 rings (SSSR count). The molecule has 146 valence electrons. The van der Waals surface area contributed by atoms with Gasteiger partial charge in [-0.2, -0.15) is 0 Å². The van der Waals surface area contributed by atoms with E-state index in [0.29, 0.717) is 0 Å². The predicted molar refractivity (Wildman–Crippen MR) is 111 cm³/mol. The lowest BCUT2D eigenvalue weighted by Gasteiger charge is -2.49. The van der Waals surface area contributed by atoms with Crippen LogP contribution < -0.4 is 0 Å². The Labute approximate surface area is 157 Å². The highest BCUT2D eigenvalue weighted by Crippen LogP contribution is 2.58.